The molecule has 2 fully saturated rings. The number of carbonyl (C=O) groups is 2. The molecule has 1 saturated heterocycles. The lowest BCUT2D eigenvalue weighted by Gasteiger charge is -2.26. The first-order valence-corrected chi connectivity index (χ1v) is 12.5. The molecule has 1 unspecified atom stereocenters. The van der Waals surface area contributed by atoms with Crippen LogP contribution in [0.4, 0.5) is 0 Å². The number of aryl methyl sites for hydroxylation is 1. The van der Waals surface area contributed by atoms with Crippen LogP contribution in [-0.2, 0) is 22.5 Å². The topological polar surface area (TPSA) is 83.8 Å². The van der Waals surface area contributed by atoms with Gasteiger partial charge < -0.3 is 19.8 Å². The van der Waals surface area contributed by atoms with Gasteiger partial charge in [0.25, 0.3) is 5.91 Å². The maximum absolute atomic E-state index is 12.9. The smallest absolute Gasteiger partial charge is 0.287 e. The number of furan rings is 1. The first-order chi connectivity index (χ1) is 16.5. The van der Waals surface area contributed by atoms with Crippen LogP contribution in [0.2, 0.25) is 0 Å². The molecule has 2 aliphatic rings. The normalized spacial score (nSPS) is 21.8. The number of hydrogen-bond acceptors (Lipinski definition) is 5. The van der Waals surface area contributed by atoms with Crippen molar-refractivity contribution < 1.29 is 18.7 Å². The Labute approximate surface area is 202 Å². The number of amides is 2. The van der Waals surface area contributed by atoms with Gasteiger partial charge in [-0.25, -0.2) is 0 Å². The Bertz CT molecular complexity index is 966. The first-order valence-electron chi connectivity index (χ1n) is 12.5. The van der Waals surface area contributed by atoms with Crippen LogP contribution in [0.5, 0.6) is 0 Å². The van der Waals surface area contributed by atoms with Gasteiger partial charge in [0.15, 0.2) is 5.76 Å². The van der Waals surface area contributed by atoms with Gasteiger partial charge in [0, 0.05) is 43.2 Å². The van der Waals surface area contributed by atoms with Crippen molar-refractivity contribution in [1.82, 2.24) is 15.5 Å². The van der Waals surface area contributed by atoms with E-state index in [1.54, 1.807) is 6.26 Å². The molecule has 3 atom stereocenters. The third-order valence-electron chi connectivity index (χ3n) is 6.99. The minimum absolute atomic E-state index is 0.0380. The fraction of sp³-hybridized carbons (Fsp3) is 0.556. The van der Waals surface area contributed by atoms with Crippen molar-refractivity contribution >= 4 is 11.8 Å². The van der Waals surface area contributed by atoms with Gasteiger partial charge >= 0.3 is 0 Å². The summed E-state index contributed by atoms with van der Waals surface area (Å²) >= 11 is 0. The zero-order valence-electron chi connectivity index (χ0n) is 20.3. The first kappa shape index (κ1) is 24.5. The minimum atomic E-state index is -0.170. The van der Waals surface area contributed by atoms with E-state index in [9.17, 15) is 9.59 Å². The number of nitrogens with one attached hydrogen (secondary N) is 2. The molecule has 2 amide bonds. The summed E-state index contributed by atoms with van der Waals surface area (Å²) in [5, 5.41) is 6.36. The van der Waals surface area contributed by atoms with Crippen molar-refractivity contribution in [3.05, 3.63) is 59.0 Å². The van der Waals surface area contributed by atoms with Gasteiger partial charge in [0.2, 0.25) is 5.91 Å². The van der Waals surface area contributed by atoms with Crippen molar-refractivity contribution in [2.45, 2.75) is 64.6 Å². The van der Waals surface area contributed by atoms with Gasteiger partial charge in [-0.2, -0.15) is 0 Å². The molecule has 1 aliphatic heterocycles. The SMILES string of the molecule is CCC(Cc1cccc(C)c1)C(=O)N[C@@H]1CC[C@H](NC(=O)c2occc2CN2CCOCC2)C1. The number of morpholine rings is 1. The predicted molar refractivity (Wildman–Crippen MR) is 131 cm³/mol. The molecule has 2 heterocycles. The fourth-order valence-electron chi connectivity index (χ4n) is 5.02. The summed E-state index contributed by atoms with van der Waals surface area (Å²) < 4.78 is 10.9. The molecule has 1 saturated carbocycles. The summed E-state index contributed by atoms with van der Waals surface area (Å²) in [4.78, 5) is 28.1. The zero-order valence-corrected chi connectivity index (χ0v) is 20.3. The number of nitrogens with zero attached hydrogens (tertiary/aromatic N) is 1. The Kier molecular flexibility index (Phi) is 8.40. The molecule has 0 radical (unpaired) electrons. The lowest BCUT2D eigenvalue weighted by molar-refractivity contribution is -0.125. The van der Waals surface area contributed by atoms with Crippen LogP contribution in [0.25, 0.3) is 0 Å². The number of carbonyl (C=O) groups excluding carboxylic acids is 2. The lowest BCUT2D eigenvalue weighted by atomic mass is 9.95. The van der Waals surface area contributed by atoms with E-state index in [4.69, 9.17) is 9.15 Å². The highest BCUT2D eigenvalue weighted by Crippen LogP contribution is 2.22. The van der Waals surface area contributed by atoms with Crippen LogP contribution in [0.15, 0.2) is 41.0 Å². The van der Waals surface area contributed by atoms with E-state index in [-0.39, 0.29) is 29.8 Å². The second kappa shape index (κ2) is 11.7. The number of hydrogen-bond donors (Lipinski definition) is 2. The van der Waals surface area contributed by atoms with Crippen molar-refractivity contribution in [1.29, 1.82) is 0 Å². The maximum Gasteiger partial charge on any atom is 0.287 e. The Morgan fingerprint density at radius 2 is 1.88 bits per heavy atom. The Morgan fingerprint density at radius 1 is 1.12 bits per heavy atom. The van der Waals surface area contributed by atoms with Crippen molar-refractivity contribution in [3.8, 4) is 0 Å². The molecule has 2 N–H and O–H groups in total. The molecular formula is C27H37N3O4. The maximum atomic E-state index is 12.9. The summed E-state index contributed by atoms with van der Waals surface area (Å²) in [5.74, 6) is 0.292. The average Bonchev–Trinajstić information content (AvgIpc) is 3.47. The molecule has 184 valence electrons. The van der Waals surface area contributed by atoms with E-state index in [1.165, 1.54) is 11.1 Å². The van der Waals surface area contributed by atoms with Crippen LogP contribution < -0.4 is 10.6 Å². The quantitative estimate of drug-likeness (QED) is 0.590. The highest BCUT2D eigenvalue weighted by atomic mass is 16.5. The molecule has 4 rings (SSSR count). The highest BCUT2D eigenvalue weighted by molar-refractivity contribution is 5.93. The molecule has 34 heavy (non-hydrogen) atoms. The Balaban J connectivity index is 1.26. The monoisotopic (exact) mass is 467 g/mol. The Hall–Kier alpha value is -2.64. The number of rotatable bonds is 9. The second-order valence-electron chi connectivity index (χ2n) is 9.65. The molecule has 2 aromatic rings. The van der Waals surface area contributed by atoms with Crippen LogP contribution in [0, 0.1) is 12.8 Å². The van der Waals surface area contributed by atoms with Gasteiger partial charge in [-0.3, -0.25) is 14.5 Å². The summed E-state index contributed by atoms with van der Waals surface area (Å²) in [6, 6.07) is 10.4. The van der Waals surface area contributed by atoms with Gasteiger partial charge in [-0.05, 0) is 50.7 Å². The van der Waals surface area contributed by atoms with E-state index in [0.29, 0.717) is 12.3 Å². The van der Waals surface area contributed by atoms with E-state index in [1.807, 2.05) is 12.1 Å². The van der Waals surface area contributed by atoms with Gasteiger partial charge in [0.1, 0.15) is 0 Å². The third-order valence-corrected chi connectivity index (χ3v) is 6.99. The van der Waals surface area contributed by atoms with E-state index in [2.05, 4.69) is 47.6 Å². The zero-order chi connectivity index (χ0) is 23.9. The molecule has 0 bridgehead atoms. The largest absolute Gasteiger partial charge is 0.459 e. The standard InChI is InChI=1S/C27H37N3O4/c1-3-21(16-20-6-4-5-19(2)15-20)26(31)28-23-7-8-24(17-23)29-27(32)25-22(9-12-34-25)18-30-10-13-33-14-11-30/h4-6,9,12,15,21,23-24H,3,7-8,10-11,13-14,16-18H2,1-2H3,(H,28,31)(H,29,32)/t21?,23-,24+/m1/s1. The third kappa shape index (κ3) is 6.48. The second-order valence-corrected chi connectivity index (χ2v) is 9.65. The van der Waals surface area contributed by atoms with Gasteiger partial charge in [0.05, 0.1) is 19.5 Å². The summed E-state index contributed by atoms with van der Waals surface area (Å²) in [5.41, 5.74) is 3.32. The molecule has 1 aromatic carbocycles. The number of ether oxygens (including phenoxy) is 1. The van der Waals surface area contributed by atoms with E-state index >= 15 is 0 Å². The molecule has 0 spiro atoms. The van der Waals surface area contributed by atoms with Crippen LogP contribution in [0.3, 0.4) is 0 Å². The highest BCUT2D eigenvalue weighted by Gasteiger charge is 2.30. The number of benzene rings is 1. The molecule has 7 nitrogen and oxygen atoms in total. The molecule has 1 aliphatic carbocycles. The van der Waals surface area contributed by atoms with Crippen molar-refractivity contribution in [2.24, 2.45) is 5.92 Å². The summed E-state index contributed by atoms with van der Waals surface area (Å²) in [6.45, 7) is 7.99. The van der Waals surface area contributed by atoms with Crippen LogP contribution in [-0.4, -0.2) is 55.1 Å². The van der Waals surface area contributed by atoms with Crippen molar-refractivity contribution in [2.75, 3.05) is 26.3 Å². The molecular weight excluding hydrogens is 430 g/mol. The lowest BCUT2D eigenvalue weighted by Crippen LogP contribution is -2.40. The molecule has 1 aromatic heterocycles. The van der Waals surface area contributed by atoms with Gasteiger partial charge in [-0.15, -0.1) is 0 Å². The summed E-state index contributed by atoms with van der Waals surface area (Å²) in [7, 11) is 0. The van der Waals surface area contributed by atoms with Gasteiger partial charge in [-0.1, -0.05) is 36.8 Å². The average molecular weight is 468 g/mol. The fourth-order valence-corrected chi connectivity index (χ4v) is 5.02. The molecule has 7 heteroatoms. The summed E-state index contributed by atoms with van der Waals surface area (Å²) in [6.07, 6.45) is 5.61. The van der Waals surface area contributed by atoms with Crippen LogP contribution in [0.1, 0.15) is 59.9 Å². The predicted octanol–water partition coefficient (Wildman–Crippen LogP) is 3.46. The van der Waals surface area contributed by atoms with Crippen molar-refractivity contribution in [3.63, 3.8) is 0 Å². The van der Waals surface area contributed by atoms with E-state index in [0.717, 1.165) is 64.0 Å². The van der Waals surface area contributed by atoms with Crippen LogP contribution >= 0.6 is 0 Å². The minimum Gasteiger partial charge on any atom is -0.459 e. The van der Waals surface area contributed by atoms with E-state index < -0.39 is 0 Å². The Morgan fingerprint density at radius 3 is 2.62 bits per heavy atom.